The van der Waals surface area contributed by atoms with Gasteiger partial charge in [0, 0.05) is 17.7 Å². The largest absolute Gasteiger partial charge is 0.508 e. The van der Waals surface area contributed by atoms with Crippen molar-refractivity contribution in [3.63, 3.8) is 0 Å². The Labute approximate surface area is 311 Å². The van der Waals surface area contributed by atoms with Gasteiger partial charge in [-0.15, -0.1) is 0 Å². The van der Waals surface area contributed by atoms with E-state index in [1.165, 1.54) is 45.0 Å². The van der Waals surface area contributed by atoms with E-state index in [0.717, 1.165) is 26.4 Å². The molecule has 8 N–H and O–H groups in total. The third-order valence-corrected chi connectivity index (χ3v) is 8.98. The van der Waals surface area contributed by atoms with Crippen LogP contribution in [0, 0.1) is 0 Å². The Bertz CT molecular complexity index is 1880. The zero-order valence-electron chi connectivity index (χ0n) is 29.9. The Hall–Kier alpha value is -4.61. The van der Waals surface area contributed by atoms with Crippen LogP contribution < -0.4 is 14.9 Å². The van der Waals surface area contributed by atoms with Crippen molar-refractivity contribution in [2.45, 2.75) is 101 Å². The zero-order chi connectivity index (χ0) is 40.5. The van der Waals surface area contributed by atoms with Gasteiger partial charge in [0.05, 0.1) is 26.4 Å². The SMILES string of the molecule is COC(=O)C(C)OC(O[C@H]1[C@H](Oc2c(-c3ccc(O)cc3)oc3cc(O[C@@H]4O[C@@H](C)[C@H](O)[C@@H](O)[C@H]4O)cc(O)c3c2=O)O[C@@H](C)[C@H](O)[C@H]1O)C(O)C(=O)OC. The molecule has 2 aromatic carbocycles. The second-order valence-corrected chi connectivity index (χ2v) is 12.8. The maximum atomic E-state index is 14.3. The monoisotopic (exact) mass is 782 g/mol. The van der Waals surface area contributed by atoms with Crippen molar-refractivity contribution in [2.24, 2.45) is 0 Å². The summed E-state index contributed by atoms with van der Waals surface area (Å²) >= 11 is 0. The lowest BCUT2D eigenvalue weighted by molar-refractivity contribution is -0.324. The topological polar surface area (TPSA) is 300 Å². The van der Waals surface area contributed by atoms with Gasteiger partial charge >= 0.3 is 11.9 Å². The lowest BCUT2D eigenvalue weighted by Gasteiger charge is -2.42. The van der Waals surface area contributed by atoms with Gasteiger partial charge in [-0.3, -0.25) is 4.79 Å². The third kappa shape index (κ3) is 8.63. The molecule has 55 heavy (non-hydrogen) atoms. The van der Waals surface area contributed by atoms with Crippen LogP contribution in [0.25, 0.3) is 22.3 Å². The first-order valence-corrected chi connectivity index (χ1v) is 16.8. The van der Waals surface area contributed by atoms with Crippen molar-refractivity contribution in [1.82, 2.24) is 0 Å². The maximum absolute atomic E-state index is 14.3. The van der Waals surface area contributed by atoms with Gasteiger partial charge in [0.25, 0.3) is 0 Å². The summed E-state index contributed by atoms with van der Waals surface area (Å²) in [4.78, 5) is 38.7. The van der Waals surface area contributed by atoms with E-state index in [9.17, 15) is 55.2 Å². The summed E-state index contributed by atoms with van der Waals surface area (Å²) in [6.45, 7) is 3.99. The van der Waals surface area contributed by atoms with Crippen LogP contribution in [0.15, 0.2) is 45.6 Å². The molecule has 0 aliphatic carbocycles. The van der Waals surface area contributed by atoms with Gasteiger partial charge in [-0.1, -0.05) is 0 Å². The van der Waals surface area contributed by atoms with Crippen molar-refractivity contribution >= 4 is 22.9 Å². The van der Waals surface area contributed by atoms with E-state index in [1.807, 2.05) is 0 Å². The van der Waals surface area contributed by atoms with Crippen LogP contribution in [0.2, 0.25) is 0 Å². The average molecular weight is 783 g/mol. The molecule has 20 heteroatoms. The van der Waals surface area contributed by atoms with Crippen LogP contribution in [0.5, 0.6) is 23.0 Å². The van der Waals surface area contributed by atoms with Gasteiger partial charge < -0.3 is 83.2 Å². The van der Waals surface area contributed by atoms with Crippen LogP contribution in [-0.4, -0.2) is 147 Å². The molecule has 2 aliphatic heterocycles. The van der Waals surface area contributed by atoms with Crippen molar-refractivity contribution < 1.29 is 92.8 Å². The number of aliphatic hydroxyl groups is 6. The van der Waals surface area contributed by atoms with E-state index < -0.39 is 114 Å². The van der Waals surface area contributed by atoms with E-state index in [4.69, 9.17) is 32.8 Å². The van der Waals surface area contributed by atoms with Crippen molar-refractivity contribution in [2.75, 3.05) is 14.2 Å². The molecule has 2 aliphatic rings. The first-order valence-electron chi connectivity index (χ1n) is 16.8. The van der Waals surface area contributed by atoms with E-state index >= 15 is 0 Å². The second kappa shape index (κ2) is 17.0. The fourth-order valence-electron chi connectivity index (χ4n) is 5.83. The first-order chi connectivity index (χ1) is 26.0. The Morgan fingerprint density at radius 1 is 0.782 bits per heavy atom. The van der Waals surface area contributed by atoms with E-state index in [1.54, 1.807) is 0 Å². The number of aromatic hydroxyl groups is 2. The van der Waals surface area contributed by atoms with Crippen LogP contribution in [0.3, 0.4) is 0 Å². The molecule has 3 aromatic rings. The summed E-state index contributed by atoms with van der Waals surface area (Å²) in [5, 5.41) is 83.9. The van der Waals surface area contributed by atoms with E-state index in [0.29, 0.717) is 0 Å². The summed E-state index contributed by atoms with van der Waals surface area (Å²) < 4.78 is 49.4. The fourth-order valence-corrected chi connectivity index (χ4v) is 5.83. The molecule has 20 nitrogen and oxygen atoms in total. The van der Waals surface area contributed by atoms with Crippen LogP contribution >= 0.6 is 0 Å². The summed E-state index contributed by atoms with van der Waals surface area (Å²) in [5.41, 5.74) is -1.22. The minimum absolute atomic E-state index is 0.116. The number of carbonyl (C=O) groups is 2. The fraction of sp³-hybridized carbons (Fsp3) is 0.514. The van der Waals surface area contributed by atoms with Gasteiger partial charge in [-0.2, -0.15) is 0 Å². The van der Waals surface area contributed by atoms with Crippen LogP contribution in [-0.2, 0) is 38.0 Å². The standard InChI is InChI=1S/C35H42O20/c1-12-21(38)24(41)26(43)33(49-12)52-17-10-18(37)20-19(11-17)53-28(15-6-8-16(36)9-7-15)29(23(20)40)54-35-30(25(42)22(39)13(2)50-35)55-34(27(44)32(46)48-5)51-14(3)31(45)47-4/h6-14,21-22,24-27,30,33-39,41-44H,1-5H3/t12-,13-,14?,21-,22-,24+,25+,26+,27?,30+,33-,34?,35-/m0/s1. The number of benzene rings is 2. The summed E-state index contributed by atoms with van der Waals surface area (Å²) in [6, 6.07) is 7.33. The highest BCUT2D eigenvalue weighted by Gasteiger charge is 2.49. The van der Waals surface area contributed by atoms with Crippen molar-refractivity contribution in [3.05, 3.63) is 46.6 Å². The van der Waals surface area contributed by atoms with E-state index in [-0.39, 0.29) is 28.4 Å². The molecule has 3 unspecified atom stereocenters. The molecule has 2 saturated heterocycles. The number of fused-ring (bicyclic) bond motifs is 1. The quantitative estimate of drug-likeness (QED) is 0.0786. The Kier molecular flexibility index (Phi) is 12.9. The lowest BCUT2D eigenvalue weighted by atomic mass is 9.99. The Morgan fingerprint density at radius 3 is 2.00 bits per heavy atom. The normalized spacial score (nSPS) is 29.9. The summed E-state index contributed by atoms with van der Waals surface area (Å²) in [7, 11) is 1.99. The third-order valence-electron chi connectivity index (χ3n) is 8.98. The maximum Gasteiger partial charge on any atom is 0.340 e. The molecule has 3 heterocycles. The smallest absolute Gasteiger partial charge is 0.340 e. The van der Waals surface area contributed by atoms with Gasteiger partial charge in [-0.25, -0.2) is 9.59 Å². The summed E-state index contributed by atoms with van der Waals surface area (Å²) in [5.74, 6) is -4.33. The highest BCUT2D eigenvalue weighted by Crippen LogP contribution is 2.39. The number of esters is 2. The second-order valence-electron chi connectivity index (χ2n) is 12.8. The number of ether oxygens (including phenoxy) is 8. The molecule has 0 spiro atoms. The number of carbonyl (C=O) groups excluding carboxylic acids is 2. The van der Waals surface area contributed by atoms with Gasteiger partial charge in [0.15, 0.2) is 24.3 Å². The van der Waals surface area contributed by atoms with Crippen molar-refractivity contribution in [1.29, 1.82) is 0 Å². The molecule has 0 radical (unpaired) electrons. The number of hydrogen-bond acceptors (Lipinski definition) is 20. The predicted octanol–water partition coefficient (Wildman–Crippen LogP) is -1.25. The molecule has 1 aromatic heterocycles. The van der Waals surface area contributed by atoms with Crippen molar-refractivity contribution in [3.8, 4) is 34.3 Å². The molecule has 2 fully saturated rings. The van der Waals surface area contributed by atoms with Crippen LogP contribution in [0.1, 0.15) is 20.8 Å². The molecule has 0 saturated carbocycles. The lowest BCUT2D eigenvalue weighted by Crippen LogP contribution is -2.61. The zero-order valence-corrected chi connectivity index (χ0v) is 29.9. The van der Waals surface area contributed by atoms with Gasteiger partial charge in [-0.05, 0) is 45.0 Å². The van der Waals surface area contributed by atoms with Gasteiger partial charge in [0.1, 0.15) is 58.7 Å². The molecule has 0 amide bonds. The Balaban J connectivity index is 1.59. The number of methoxy groups -OCH3 is 2. The number of phenolic OH excluding ortho intramolecular Hbond substituents is 2. The minimum Gasteiger partial charge on any atom is -0.508 e. The first kappa shape index (κ1) is 41.6. The average Bonchev–Trinajstić information content (AvgIpc) is 3.16. The van der Waals surface area contributed by atoms with E-state index in [2.05, 4.69) is 9.47 Å². The predicted molar refractivity (Wildman–Crippen MR) is 180 cm³/mol. The number of hydrogen-bond donors (Lipinski definition) is 8. The highest BCUT2D eigenvalue weighted by molar-refractivity contribution is 5.88. The molecule has 5 rings (SSSR count). The molecular weight excluding hydrogens is 740 g/mol. The minimum atomic E-state index is -2.25. The van der Waals surface area contributed by atoms with Gasteiger partial charge in [0.2, 0.25) is 29.9 Å². The number of rotatable bonds is 12. The molecule has 0 bridgehead atoms. The number of aliphatic hydroxyl groups excluding tert-OH is 6. The highest BCUT2D eigenvalue weighted by atomic mass is 16.8. The molecular formula is C35H42O20. The number of phenols is 2. The van der Waals surface area contributed by atoms with Crippen LogP contribution in [0.4, 0.5) is 0 Å². The summed E-state index contributed by atoms with van der Waals surface area (Å²) in [6.07, 6.45) is -21.6. The molecule has 13 atom stereocenters. The Morgan fingerprint density at radius 2 is 1.38 bits per heavy atom. The molecule has 302 valence electrons.